The molecule has 0 saturated heterocycles. The predicted octanol–water partition coefficient (Wildman–Crippen LogP) is 4.37. The highest BCUT2D eigenvalue weighted by Gasteiger charge is 2.13. The molecule has 0 amide bonds. The molecule has 0 saturated carbocycles. The Morgan fingerprint density at radius 2 is 1.96 bits per heavy atom. The van der Waals surface area contributed by atoms with Gasteiger partial charge in [-0.25, -0.2) is 0 Å². The lowest BCUT2D eigenvalue weighted by molar-refractivity contribution is 0.576. The average Bonchev–Trinajstić information content (AvgIpc) is 3.03. The molecule has 7 heteroatoms. The lowest BCUT2D eigenvalue weighted by Gasteiger charge is -2.11. The summed E-state index contributed by atoms with van der Waals surface area (Å²) in [4.78, 5) is 0. The summed E-state index contributed by atoms with van der Waals surface area (Å²) >= 11 is 9.03. The van der Waals surface area contributed by atoms with Crippen LogP contribution in [-0.4, -0.2) is 24.5 Å². The number of aromatic nitrogens is 5. The van der Waals surface area contributed by atoms with Crippen LogP contribution in [0.1, 0.15) is 28.3 Å². The van der Waals surface area contributed by atoms with Gasteiger partial charge in [0.15, 0.2) is 4.77 Å². The van der Waals surface area contributed by atoms with Crippen LogP contribution < -0.4 is 0 Å². The van der Waals surface area contributed by atoms with E-state index in [0.717, 1.165) is 40.3 Å². The maximum absolute atomic E-state index is 5.45. The Balaban J connectivity index is 1.95. The number of benzene rings is 1. The number of H-pyrrole nitrogens is 1. The number of nitrogens with zero attached hydrogens (tertiary/aromatic N) is 4. The van der Waals surface area contributed by atoms with Crippen molar-refractivity contribution in [1.82, 2.24) is 24.5 Å². The topological polar surface area (TPSA) is 51.4 Å². The molecule has 0 unspecified atom stereocenters. The summed E-state index contributed by atoms with van der Waals surface area (Å²) in [5.41, 5.74) is 5.58. The van der Waals surface area contributed by atoms with Gasteiger partial charge in [-0.2, -0.15) is 10.2 Å². The maximum Gasteiger partial charge on any atom is 0.199 e. The summed E-state index contributed by atoms with van der Waals surface area (Å²) in [6, 6.07) is 6.36. The quantitative estimate of drug-likeness (QED) is 0.655. The molecule has 0 fully saturated rings. The van der Waals surface area contributed by atoms with E-state index in [1.165, 1.54) is 11.1 Å². The Labute approximate surface area is 154 Å². The van der Waals surface area contributed by atoms with E-state index >= 15 is 0 Å². The first-order chi connectivity index (χ1) is 11.4. The number of nitrogens with one attached hydrogen (secondary N) is 1. The van der Waals surface area contributed by atoms with E-state index in [1.807, 2.05) is 16.2 Å². The summed E-state index contributed by atoms with van der Waals surface area (Å²) in [5, 5.41) is 11.9. The normalized spacial score (nSPS) is 11.2. The Hall–Kier alpha value is -1.73. The molecule has 2 aromatic heterocycles. The Morgan fingerprint density at radius 1 is 1.21 bits per heavy atom. The number of hydrogen-bond donors (Lipinski definition) is 1. The third-order valence-electron chi connectivity index (χ3n) is 4.19. The second-order valence-electron chi connectivity index (χ2n) is 6.03. The summed E-state index contributed by atoms with van der Waals surface area (Å²) < 4.78 is 5.72. The van der Waals surface area contributed by atoms with Gasteiger partial charge >= 0.3 is 0 Å². The van der Waals surface area contributed by atoms with Gasteiger partial charge in [-0.1, -0.05) is 12.1 Å². The minimum Gasteiger partial charge on any atom is -0.272 e. The first-order valence-corrected chi connectivity index (χ1v) is 9.02. The van der Waals surface area contributed by atoms with Crippen LogP contribution >= 0.6 is 28.1 Å². The second-order valence-corrected chi connectivity index (χ2v) is 7.21. The minimum absolute atomic E-state index is 0.619. The van der Waals surface area contributed by atoms with Gasteiger partial charge in [0.05, 0.1) is 15.9 Å². The molecule has 0 radical (unpaired) electrons. The second kappa shape index (κ2) is 6.64. The molecule has 1 N–H and O–H groups in total. The lowest BCUT2D eigenvalue weighted by atomic mass is 10.1. The molecule has 0 aliphatic rings. The number of halogens is 1. The maximum atomic E-state index is 5.45. The highest BCUT2D eigenvalue weighted by Crippen LogP contribution is 2.21. The van der Waals surface area contributed by atoms with Gasteiger partial charge in [0, 0.05) is 18.7 Å². The molecule has 0 bridgehead atoms. The fourth-order valence-corrected chi connectivity index (χ4v) is 3.34. The minimum atomic E-state index is 0.619. The molecule has 126 valence electrons. The molecule has 0 aliphatic heterocycles. The molecule has 0 aliphatic carbocycles. The summed E-state index contributed by atoms with van der Waals surface area (Å²) in [5.74, 6) is 0.914. The third-order valence-corrected chi connectivity index (χ3v) is 5.61. The monoisotopic (exact) mass is 405 g/mol. The van der Waals surface area contributed by atoms with Crippen molar-refractivity contribution in [3.63, 3.8) is 0 Å². The third kappa shape index (κ3) is 3.10. The summed E-state index contributed by atoms with van der Waals surface area (Å²) in [6.07, 6.45) is 0.745. The standard InChI is InChI=1S/C17H20BrN5S/c1-10-5-6-11(2)14(9-10)23-15(19-20-17(23)24)7-8-22-13(4)16(18)12(3)21-22/h5-6,9H,7-8H2,1-4H3,(H,20,24). The van der Waals surface area contributed by atoms with E-state index in [1.54, 1.807) is 0 Å². The van der Waals surface area contributed by atoms with E-state index in [0.29, 0.717) is 4.77 Å². The molecular weight excluding hydrogens is 386 g/mol. The zero-order chi connectivity index (χ0) is 17.4. The van der Waals surface area contributed by atoms with Gasteiger partial charge in [-0.3, -0.25) is 14.3 Å². The fraction of sp³-hybridized carbons (Fsp3) is 0.353. The largest absolute Gasteiger partial charge is 0.272 e. The number of rotatable bonds is 4. The van der Waals surface area contributed by atoms with Gasteiger partial charge in [0.25, 0.3) is 0 Å². The first kappa shape index (κ1) is 17.1. The zero-order valence-corrected chi connectivity index (χ0v) is 16.6. The zero-order valence-electron chi connectivity index (χ0n) is 14.2. The van der Waals surface area contributed by atoms with E-state index in [2.05, 4.69) is 70.2 Å². The van der Waals surface area contributed by atoms with Gasteiger partial charge < -0.3 is 0 Å². The molecule has 3 aromatic rings. The van der Waals surface area contributed by atoms with Gasteiger partial charge in [0.2, 0.25) is 0 Å². The molecule has 5 nitrogen and oxygen atoms in total. The number of aromatic amines is 1. The van der Waals surface area contributed by atoms with Gasteiger partial charge in [-0.05, 0) is 73.0 Å². The highest BCUT2D eigenvalue weighted by atomic mass is 79.9. The van der Waals surface area contributed by atoms with Gasteiger partial charge in [0.1, 0.15) is 5.82 Å². The summed E-state index contributed by atoms with van der Waals surface area (Å²) in [6.45, 7) is 8.99. The van der Waals surface area contributed by atoms with Crippen molar-refractivity contribution >= 4 is 28.1 Å². The van der Waals surface area contributed by atoms with Crippen LogP contribution in [0.15, 0.2) is 22.7 Å². The molecule has 1 aromatic carbocycles. The van der Waals surface area contributed by atoms with Crippen LogP contribution in [0.3, 0.4) is 0 Å². The van der Waals surface area contributed by atoms with Crippen molar-refractivity contribution in [3.05, 3.63) is 55.8 Å². The van der Waals surface area contributed by atoms with Crippen molar-refractivity contribution in [3.8, 4) is 5.69 Å². The SMILES string of the molecule is Cc1ccc(C)c(-n2c(CCn3nc(C)c(Br)c3C)n[nH]c2=S)c1. The van der Waals surface area contributed by atoms with E-state index < -0.39 is 0 Å². The van der Waals surface area contributed by atoms with Crippen molar-refractivity contribution in [2.45, 2.75) is 40.7 Å². The van der Waals surface area contributed by atoms with E-state index in [4.69, 9.17) is 12.2 Å². The van der Waals surface area contributed by atoms with Crippen LogP contribution in [0.25, 0.3) is 5.69 Å². The summed E-state index contributed by atoms with van der Waals surface area (Å²) in [7, 11) is 0. The van der Waals surface area contributed by atoms with Crippen LogP contribution in [0.5, 0.6) is 0 Å². The van der Waals surface area contributed by atoms with Crippen molar-refractivity contribution < 1.29 is 0 Å². The molecule has 2 heterocycles. The molecule has 3 rings (SSSR count). The smallest absolute Gasteiger partial charge is 0.199 e. The van der Waals surface area contributed by atoms with E-state index in [9.17, 15) is 0 Å². The molecular formula is C17H20BrN5S. The van der Waals surface area contributed by atoms with Crippen LogP contribution in [0.2, 0.25) is 0 Å². The average molecular weight is 406 g/mol. The highest BCUT2D eigenvalue weighted by molar-refractivity contribution is 9.10. The Morgan fingerprint density at radius 3 is 2.62 bits per heavy atom. The first-order valence-electron chi connectivity index (χ1n) is 7.82. The van der Waals surface area contributed by atoms with Crippen LogP contribution in [0, 0.1) is 32.5 Å². The van der Waals surface area contributed by atoms with Crippen LogP contribution in [-0.2, 0) is 13.0 Å². The molecule has 24 heavy (non-hydrogen) atoms. The van der Waals surface area contributed by atoms with Crippen molar-refractivity contribution in [1.29, 1.82) is 0 Å². The Bertz CT molecular complexity index is 951. The number of hydrogen-bond acceptors (Lipinski definition) is 3. The molecule has 0 atom stereocenters. The fourth-order valence-electron chi connectivity index (χ4n) is 2.80. The predicted molar refractivity (Wildman–Crippen MR) is 101 cm³/mol. The Kier molecular flexibility index (Phi) is 4.73. The number of aryl methyl sites for hydroxylation is 5. The lowest BCUT2D eigenvalue weighted by Crippen LogP contribution is -2.10. The van der Waals surface area contributed by atoms with Crippen molar-refractivity contribution in [2.24, 2.45) is 0 Å². The van der Waals surface area contributed by atoms with Crippen molar-refractivity contribution in [2.75, 3.05) is 0 Å². The van der Waals surface area contributed by atoms with Crippen LogP contribution in [0.4, 0.5) is 0 Å². The van der Waals surface area contributed by atoms with Gasteiger partial charge in [-0.15, -0.1) is 0 Å². The molecule has 0 spiro atoms. The van der Waals surface area contributed by atoms with E-state index in [-0.39, 0.29) is 0 Å².